The Balaban J connectivity index is 1.83. The first-order chi connectivity index (χ1) is 6.34. The van der Waals surface area contributed by atoms with Gasteiger partial charge in [0.1, 0.15) is 0 Å². The minimum absolute atomic E-state index is 0.232. The van der Waals surface area contributed by atoms with Crippen molar-refractivity contribution in [1.29, 1.82) is 0 Å². The van der Waals surface area contributed by atoms with Gasteiger partial charge in [-0.15, -0.1) is 0 Å². The smallest absolute Gasteiger partial charge is 0.157 e. The number of rotatable bonds is 2. The number of ether oxygens (including phenoxy) is 1. The van der Waals surface area contributed by atoms with Crippen LogP contribution in [0.2, 0.25) is 0 Å². The number of nitrogens with zero attached hydrogens (tertiary/aromatic N) is 1. The molecule has 1 heterocycles. The molecule has 0 aromatic carbocycles. The average Bonchev–Trinajstić information content (AvgIpc) is 2.53. The number of allylic oxidation sites excluding steroid dienone is 2. The van der Waals surface area contributed by atoms with Crippen LogP contribution in [0.15, 0.2) is 11.8 Å². The first-order valence-electron chi connectivity index (χ1n) is 4.67. The largest absolute Gasteiger partial charge is 0.379 e. The molecule has 2 aliphatic rings. The van der Waals surface area contributed by atoms with E-state index in [1.54, 1.807) is 6.08 Å². The summed E-state index contributed by atoms with van der Waals surface area (Å²) in [6.07, 6.45) is 3.22. The number of nitrogens with one attached hydrogen (secondary N) is 1. The number of carbonyl (C=O) groups is 1. The summed E-state index contributed by atoms with van der Waals surface area (Å²) in [5, 5.41) is 2.11. The number of hydrazine groups is 1. The van der Waals surface area contributed by atoms with E-state index in [1.807, 2.05) is 0 Å². The number of hydrogen-bond donors (Lipinski definition) is 1. The Bertz CT molecular complexity index is 232. The van der Waals surface area contributed by atoms with Gasteiger partial charge in [-0.25, -0.2) is 5.01 Å². The molecule has 1 saturated heterocycles. The second-order valence-electron chi connectivity index (χ2n) is 3.35. The van der Waals surface area contributed by atoms with Gasteiger partial charge in [-0.05, 0) is 6.42 Å². The molecule has 1 N–H and O–H groups in total. The molecule has 0 radical (unpaired) electrons. The van der Waals surface area contributed by atoms with E-state index < -0.39 is 0 Å². The normalized spacial score (nSPS) is 24.6. The highest BCUT2D eigenvalue weighted by Crippen LogP contribution is 2.12. The summed E-state index contributed by atoms with van der Waals surface area (Å²) in [4.78, 5) is 10.9. The van der Waals surface area contributed by atoms with E-state index >= 15 is 0 Å². The maximum Gasteiger partial charge on any atom is 0.157 e. The topological polar surface area (TPSA) is 41.6 Å². The second kappa shape index (κ2) is 3.89. The summed E-state index contributed by atoms with van der Waals surface area (Å²) in [6, 6.07) is 0. The summed E-state index contributed by atoms with van der Waals surface area (Å²) in [5.41, 5.74) is 4.29. The quantitative estimate of drug-likeness (QED) is 0.656. The van der Waals surface area contributed by atoms with Crippen molar-refractivity contribution < 1.29 is 9.53 Å². The fourth-order valence-corrected chi connectivity index (χ4v) is 1.56. The first kappa shape index (κ1) is 8.72. The number of hydrogen-bond acceptors (Lipinski definition) is 4. The van der Waals surface area contributed by atoms with Gasteiger partial charge in [0.25, 0.3) is 0 Å². The zero-order chi connectivity index (χ0) is 9.10. The van der Waals surface area contributed by atoms with E-state index in [0.717, 1.165) is 38.4 Å². The van der Waals surface area contributed by atoms with Crippen LogP contribution in [0.3, 0.4) is 0 Å². The molecule has 4 heteroatoms. The zero-order valence-corrected chi connectivity index (χ0v) is 7.58. The molecule has 0 amide bonds. The Hall–Kier alpha value is -0.870. The highest BCUT2D eigenvalue weighted by molar-refractivity contribution is 5.92. The number of carbonyl (C=O) groups excluding carboxylic acids is 1. The van der Waals surface area contributed by atoms with Crippen molar-refractivity contribution in [2.24, 2.45) is 0 Å². The minimum Gasteiger partial charge on any atom is -0.379 e. The number of ketones is 1. The summed E-state index contributed by atoms with van der Waals surface area (Å²) in [7, 11) is 0. The molecule has 2 rings (SSSR count). The van der Waals surface area contributed by atoms with Gasteiger partial charge < -0.3 is 10.2 Å². The van der Waals surface area contributed by atoms with Crippen LogP contribution in [-0.2, 0) is 9.53 Å². The molecule has 13 heavy (non-hydrogen) atoms. The highest BCUT2D eigenvalue weighted by Gasteiger charge is 2.15. The van der Waals surface area contributed by atoms with Gasteiger partial charge in [-0.1, -0.05) is 0 Å². The SMILES string of the molecule is O=C1C=C(NN2CCOCC2)CC1. The summed E-state index contributed by atoms with van der Waals surface area (Å²) in [5.74, 6) is 0.232. The maximum absolute atomic E-state index is 10.9. The highest BCUT2D eigenvalue weighted by atomic mass is 16.5. The van der Waals surface area contributed by atoms with Crippen molar-refractivity contribution in [3.8, 4) is 0 Å². The van der Waals surface area contributed by atoms with Crippen LogP contribution >= 0.6 is 0 Å². The van der Waals surface area contributed by atoms with Gasteiger partial charge in [0.05, 0.1) is 13.2 Å². The molecule has 0 atom stereocenters. The second-order valence-corrected chi connectivity index (χ2v) is 3.35. The third-order valence-corrected chi connectivity index (χ3v) is 2.29. The molecule has 72 valence electrons. The van der Waals surface area contributed by atoms with Gasteiger partial charge in [0.15, 0.2) is 5.78 Å². The van der Waals surface area contributed by atoms with Gasteiger partial charge >= 0.3 is 0 Å². The van der Waals surface area contributed by atoms with Crippen LogP contribution in [0, 0.1) is 0 Å². The third-order valence-electron chi connectivity index (χ3n) is 2.29. The molecular weight excluding hydrogens is 168 g/mol. The van der Waals surface area contributed by atoms with E-state index in [4.69, 9.17) is 4.74 Å². The molecule has 0 unspecified atom stereocenters. The fraction of sp³-hybridized carbons (Fsp3) is 0.667. The molecule has 0 saturated carbocycles. The Kier molecular flexibility index (Phi) is 2.61. The molecule has 1 aliphatic heterocycles. The number of morpholine rings is 1. The summed E-state index contributed by atoms with van der Waals surface area (Å²) in [6.45, 7) is 3.33. The molecule has 0 bridgehead atoms. The van der Waals surface area contributed by atoms with Crippen molar-refractivity contribution in [3.63, 3.8) is 0 Å². The van der Waals surface area contributed by atoms with E-state index in [0.29, 0.717) is 6.42 Å². The van der Waals surface area contributed by atoms with E-state index in [9.17, 15) is 4.79 Å². The van der Waals surface area contributed by atoms with Crippen LogP contribution in [0.25, 0.3) is 0 Å². The van der Waals surface area contributed by atoms with Gasteiger partial charge in [-0.3, -0.25) is 4.79 Å². The van der Waals surface area contributed by atoms with Gasteiger partial charge in [0, 0.05) is 31.3 Å². The van der Waals surface area contributed by atoms with Crippen molar-refractivity contribution in [2.45, 2.75) is 12.8 Å². The third kappa shape index (κ3) is 2.29. The van der Waals surface area contributed by atoms with Gasteiger partial charge in [0.2, 0.25) is 0 Å². The molecule has 4 nitrogen and oxygen atoms in total. The van der Waals surface area contributed by atoms with Crippen molar-refractivity contribution >= 4 is 5.78 Å². The molecular formula is C9H14N2O2. The lowest BCUT2D eigenvalue weighted by molar-refractivity contribution is -0.114. The molecule has 0 aromatic heterocycles. The molecule has 1 fully saturated rings. The predicted octanol–water partition coefficient (Wildman–Crippen LogP) is 0.0700. The van der Waals surface area contributed by atoms with Crippen LogP contribution in [0.1, 0.15) is 12.8 Å². The van der Waals surface area contributed by atoms with E-state index in [1.165, 1.54) is 0 Å². The van der Waals surface area contributed by atoms with Crippen LogP contribution in [0.4, 0.5) is 0 Å². The van der Waals surface area contributed by atoms with Crippen LogP contribution in [0.5, 0.6) is 0 Å². The van der Waals surface area contributed by atoms with E-state index in [-0.39, 0.29) is 5.78 Å². The van der Waals surface area contributed by atoms with Crippen molar-refractivity contribution in [2.75, 3.05) is 26.3 Å². The summed E-state index contributed by atoms with van der Waals surface area (Å²) >= 11 is 0. The standard InChI is InChI=1S/C9H14N2O2/c12-9-2-1-8(7-9)10-11-3-5-13-6-4-11/h7,10H,1-6H2. The predicted molar refractivity (Wildman–Crippen MR) is 47.9 cm³/mol. The van der Waals surface area contributed by atoms with Gasteiger partial charge in [-0.2, -0.15) is 0 Å². The van der Waals surface area contributed by atoms with E-state index in [2.05, 4.69) is 10.4 Å². The summed E-state index contributed by atoms with van der Waals surface area (Å²) < 4.78 is 5.22. The Labute approximate surface area is 77.5 Å². The van der Waals surface area contributed by atoms with Crippen molar-refractivity contribution in [3.05, 3.63) is 11.8 Å². The van der Waals surface area contributed by atoms with Crippen molar-refractivity contribution in [1.82, 2.24) is 10.4 Å². The van der Waals surface area contributed by atoms with Crippen LogP contribution in [-0.4, -0.2) is 37.1 Å². The monoisotopic (exact) mass is 182 g/mol. The van der Waals surface area contributed by atoms with Crippen LogP contribution < -0.4 is 5.43 Å². The first-order valence-corrected chi connectivity index (χ1v) is 4.67. The minimum atomic E-state index is 0.232. The lowest BCUT2D eigenvalue weighted by atomic mass is 10.3. The zero-order valence-electron chi connectivity index (χ0n) is 7.58. The molecule has 0 aromatic rings. The lowest BCUT2D eigenvalue weighted by Crippen LogP contribution is -2.44. The Morgan fingerprint density at radius 2 is 2.08 bits per heavy atom. The fourth-order valence-electron chi connectivity index (χ4n) is 1.56. The Morgan fingerprint density at radius 1 is 1.31 bits per heavy atom. The lowest BCUT2D eigenvalue weighted by Gasteiger charge is -2.28. The molecule has 1 aliphatic carbocycles. The average molecular weight is 182 g/mol. The molecule has 0 spiro atoms. The maximum atomic E-state index is 10.9. The Morgan fingerprint density at radius 3 is 2.69 bits per heavy atom.